The average Bonchev–Trinajstić information content (AvgIpc) is 2.25. The lowest BCUT2D eigenvalue weighted by molar-refractivity contribution is 0.353. The fourth-order valence-electron chi connectivity index (χ4n) is 1.67. The summed E-state index contributed by atoms with van der Waals surface area (Å²) in [5.74, 6) is 0.957. The third-order valence-corrected chi connectivity index (χ3v) is 4.99. The molecule has 0 radical (unpaired) electrons. The van der Waals surface area contributed by atoms with Gasteiger partial charge in [0.25, 0.3) is 0 Å². The molecule has 1 heterocycles. The number of hydrogen-bond acceptors (Lipinski definition) is 5. The zero-order chi connectivity index (χ0) is 12.5. The highest BCUT2D eigenvalue weighted by atomic mass is 32.2. The number of rotatable bonds is 4. The minimum atomic E-state index is -3.26. The van der Waals surface area contributed by atoms with Crippen LogP contribution < -0.4 is 14.8 Å². The summed E-state index contributed by atoms with van der Waals surface area (Å²) in [5, 5.41) is 2.62. The number of nitrogens with one attached hydrogen (secondary N) is 1. The number of benzene rings is 1. The highest BCUT2D eigenvalue weighted by Gasteiger charge is 2.32. The molecule has 1 aliphatic heterocycles. The molecule has 1 saturated heterocycles. The molecule has 0 unspecified atom stereocenters. The topological polar surface area (TPSA) is 64.6 Å². The molecule has 2 rings (SSSR count). The standard InChI is InChI=1S/C11H15NO4S/c1-15-10-4-3-8(5-11(10)16-2)17(13,14)9-6-12-7-9/h3-5,9,12H,6-7H2,1-2H3. The predicted molar refractivity (Wildman–Crippen MR) is 63.4 cm³/mol. The van der Waals surface area contributed by atoms with Crippen molar-refractivity contribution in [1.29, 1.82) is 0 Å². The zero-order valence-corrected chi connectivity index (χ0v) is 10.6. The first kappa shape index (κ1) is 12.2. The van der Waals surface area contributed by atoms with E-state index in [1.165, 1.54) is 20.3 Å². The Bertz CT molecular complexity index is 508. The van der Waals surface area contributed by atoms with Crippen LogP contribution in [0.1, 0.15) is 0 Å². The van der Waals surface area contributed by atoms with Gasteiger partial charge in [0.2, 0.25) is 0 Å². The van der Waals surface area contributed by atoms with Crippen LogP contribution in [0.15, 0.2) is 23.1 Å². The van der Waals surface area contributed by atoms with Crippen molar-refractivity contribution in [3.8, 4) is 11.5 Å². The molecule has 1 aliphatic rings. The molecule has 0 saturated carbocycles. The van der Waals surface area contributed by atoms with Crippen molar-refractivity contribution in [2.75, 3.05) is 27.3 Å². The van der Waals surface area contributed by atoms with Crippen LogP contribution >= 0.6 is 0 Å². The quantitative estimate of drug-likeness (QED) is 0.848. The molecular weight excluding hydrogens is 242 g/mol. The summed E-state index contributed by atoms with van der Waals surface area (Å²) >= 11 is 0. The molecule has 94 valence electrons. The van der Waals surface area contributed by atoms with E-state index in [0.717, 1.165) is 0 Å². The lowest BCUT2D eigenvalue weighted by Crippen LogP contribution is -2.51. The van der Waals surface area contributed by atoms with E-state index in [4.69, 9.17) is 9.47 Å². The summed E-state index contributed by atoms with van der Waals surface area (Å²) in [6, 6.07) is 4.67. The van der Waals surface area contributed by atoms with Gasteiger partial charge in [-0.1, -0.05) is 0 Å². The summed E-state index contributed by atoms with van der Waals surface area (Å²) < 4.78 is 34.5. The Hall–Kier alpha value is -1.27. The molecule has 0 atom stereocenters. The number of ether oxygens (including phenoxy) is 2. The lowest BCUT2D eigenvalue weighted by atomic mass is 10.3. The molecule has 1 aromatic rings. The number of methoxy groups -OCH3 is 2. The summed E-state index contributed by atoms with van der Waals surface area (Å²) in [4.78, 5) is 0.279. The Morgan fingerprint density at radius 2 is 1.82 bits per heavy atom. The van der Waals surface area contributed by atoms with Crippen LogP contribution in [0.5, 0.6) is 11.5 Å². The Morgan fingerprint density at radius 3 is 2.29 bits per heavy atom. The van der Waals surface area contributed by atoms with E-state index in [0.29, 0.717) is 24.6 Å². The van der Waals surface area contributed by atoms with Crippen LogP contribution in [0.3, 0.4) is 0 Å². The van der Waals surface area contributed by atoms with E-state index in [9.17, 15) is 8.42 Å². The van der Waals surface area contributed by atoms with Gasteiger partial charge in [0.1, 0.15) is 0 Å². The zero-order valence-electron chi connectivity index (χ0n) is 9.76. The number of hydrogen-bond donors (Lipinski definition) is 1. The molecule has 5 nitrogen and oxygen atoms in total. The van der Waals surface area contributed by atoms with Crippen molar-refractivity contribution in [3.05, 3.63) is 18.2 Å². The third-order valence-electron chi connectivity index (χ3n) is 2.87. The highest BCUT2D eigenvalue weighted by molar-refractivity contribution is 7.92. The van der Waals surface area contributed by atoms with Crippen molar-refractivity contribution >= 4 is 9.84 Å². The summed E-state index contributed by atoms with van der Waals surface area (Å²) in [6.07, 6.45) is 0. The van der Waals surface area contributed by atoms with E-state index < -0.39 is 9.84 Å². The smallest absolute Gasteiger partial charge is 0.183 e. The van der Waals surface area contributed by atoms with Crippen molar-refractivity contribution in [2.45, 2.75) is 10.1 Å². The molecular formula is C11H15NO4S. The second kappa shape index (κ2) is 4.54. The van der Waals surface area contributed by atoms with E-state index in [1.54, 1.807) is 12.1 Å². The predicted octanol–water partition coefficient (Wildman–Crippen LogP) is 0.449. The average molecular weight is 257 g/mol. The molecule has 17 heavy (non-hydrogen) atoms. The van der Waals surface area contributed by atoms with Gasteiger partial charge in [0, 0.05) is 19.2 Å². The first-order chi connectivity index (χ1) is 8.09. The summed E-state index contributed by atoms with van der Waals surface area (Å²) in [6.45, 7) is 1.02. The van der Waals surface area contributed by atoms with Crippen LogP contribution in [0.25, 0.3) is 0 Å². The van der Waals surface area contributed by atoms with Gasteiger partial charge in [0.05, 0.1) is 24.4 Å². The summed E-state index contributed by atoms with van der Waals surface area (Å²) in [7, 11) is -0.257. The van der Waals surface area contributed by atoms with Crippen molar-refractivity contribution in [3.63, 3.8) is 0 Å². The maximum atomic E-state index is 12.1. The molecule has 0 spiro atoms. The second-order valence-electron chi connectivity index (χ2n) is 3.84. The van der Waals surface area contributed by atoms with E-state index in [-0.39, 0.29) is 10.1 Å². The first-order valence-electron chi connectivity index (χ1n) is 5.26. The van der Waals surface area contributed by atoms with Crippen molar-refractivity contribution < 1.29 is 17.9 Å². The molecule has 1 N–H and O–H groups in total. The van der Waals surface area contributed by atoms with Crippen LogP contribution in [-0.2, 0) is 9.84 Å². The van der Waals surface area contributed by atoms with Crippen molar-refractivity contribution in [2.24, 2.45) is 0 Å². The fraction of sp³-hybridized carbons (Fsp3) is 0.455. The Kier molecular flexibility index (Phi) is 3.26. The Balaban J connectivity index is 2.39. The van der Waals surface area contributed by atoms with Crippen LogP contribution in [0.2, 0.25) is 0 Å². The molecule has 1 aromatic carbocycles. The monoisotopic (exact) mass is 257 g/mol. The maximum absolute atomic E-state index is 12.1. The maximum Gasteiger partial charge on any atom is 0.183 e. The number of sulfone groups is 1. The second-order valence-corrected chi connectivity index (χ2v) is 6.07. The van der Waals surface area contributed by atoms with Gasteiger partial charge in [0.15, 0.2) is 21.3 Å². The van der Waals surface area contributed by atoms with Gasteiger partial charge in [-0.05, 0) is 12.1 Å². The molecule has 0 aromatic heterocycles. The van der Waals surface area contributed by atoms with Crippen molar-refractivity contribution in [1.82, 2.24) is 5.32 Å². The fourth-order valence-corrected chi connectivity index (χ4v) is 3.26. The van der Waals surface area contributed by atoms with Gasteiger partial charge in [-0.3, -0.25) is 0 Å². The van der Waals surface area contributed by atoms with E-state index in [1.807, 2.05) is 0 Å². The lowest BCUT2D eigenvalue weighted by Gasteiger charge is -2.27. The van der Waals surface area contributed by atoms with Gasteiger partial charge >= 0.3 is 0 Å². The Labute approximate surface area is 101 Å². The van der Waals surface area contributed by atoms with Gasteiger partial charge < -0.3 is 14.8 Å². The summed E-state index contributed by atoms with van der Waals surface area (Å²) in [5.41, 5.74) is 0. The van der Waals surface area contributed by atoms with E-state index >= 15 is 0 Å². The molecule has 0 amide bonds. The van der Waals surface area contributed by atoms with E-state index in [2.05, 4.69) is 5.32 Å². The minimum absolute atomic E-state index is 0.279. The molecule has 0 aliphatic carbocycles. The molecule has 1 fully saturated rings. The molecule has 6 heteroatoms. The van der Waals surface area contributed by atoms with Crippen LogP contribution in [0.4, 0.5) is 0 Å². The van der Waals surface area contributed by atoms with Crippen LogP contribution in [-0.4, -0.2) is 41.0 Å². The molecule has 0 bridgehead atoms. The first-order valence-corrected chi connectivity index (χ1v) is 6.81. The van der Waals surface area contributed by atoms with Gasteiger partial charge in [-0.2, -0.15) is 0 Å². The van der Waals surface area contributed by atoms with Gasteiger partial charge in [-0.15, -0.1) is 0 Å². The highest BCUT2D eigenvalue weighted by Crippen LogP contribution is 2.31. The SMILES string of the molecule is COc1ccc(S(=O)(=O)C2CNC2)cc1OC. The van der Waals surface area contributed by atoms with Crippen LogP contribution in [0, 0.1) is 0 Å². The largest absolute Gasteiger partial charge is 0.493 e. The third kappa shape index (κ3) is 2.10. The normalized spacial score (nSPS) is 16.4. The van der Waals surface area contributed by atoms with Gasteiger partial charge in [-0.25, -0.2) is 8.42 Å². The minimum Gasteiger partial charge on any atom is -0.493 e. The Morgan fingerprint density at radius 1 is 1.18 bits per heavy atom.